The Labute approximate surface area is 692 Å². The van der Waals surface area contributed by atoms with Gasteiger partial charge in [0.15, 0.2) is 0 Å². The van der Waals surface area contributed by atoms with E-state index in [0.29, 0.717) is 0 Å². The third-order valence-electron chi connectivity index (χ3n) is 26.4. The number of rotatable bonds is 15. The molecule has 118 heavy (non-hydrogen) atoms. The molecule has 2 nitrogen and oxygen atoms in total. The molecule has 2 heteroatoms. The Balaban J connectivity index is 0.686. The van der Waals surface area contributed by atoms with Gasteiger partial charge in [0.25, 0.3) is 0 Å². The van der Waals surface area contributed by atoms with Crippen molar-refractivity contribution in [2.24, 2.45) is 0 Å². The minimum atomic E-state index is -0.685. The highest BCUT2D eigenvalue weighted by atomic mass is 15.2. The molecule has 0 saturated heterocycles. The maximum Gasteiger partial charge on any atom is 0.0713 e. The van der Waals surface area contributed by atoms with Crippen molar-refractivity contribution in [3.8, 4) is 100 Å². The summed E-state index contributed by atoms with van der Waals surface area (Å²) in [5, 5.41) is 0. The van der Waals surface area contributed by atoms with Crippen LogP contribution in [0.3, 0.4) is 0 Å². The third kappa shape index (κ3) is 10.8. The van der Waals surface area contributed by atoms with Crippen LogP contribution in [0.1, 0.15) is 94.5 Å². The first kappa shape index (κ1) is 70.2. The van der Waals surface area contributed by atoms with Crippen LogP contribution in [0.2, 0.25) is 0 Å². The smallest absolute Gasteiger partial charge is 0.0713 e. The quantitative estimate of drug-likeness (QED) is 0.101. The molecule has 0 aromatic heterocycles. The Morgan fingerprint density at radius 2 is 0.449 bits per heavy atom. The number of fused-ring (bicyclic) bond motifs is 12. The van der Waals surface area contributed by atoms with Crippen LogP contribution in [-0.2, 0) is 21.7 Å². The van der Waals surface area contributed by atoms with Crippen LogP contribution in [0.25, 0.3) is 100 Å². The fourth-order valence-corrected chi connectivity index (χ4v) is 21.0. The third-order valence-corrected chi connectivity index (χ3v) is 26.4. The maximum absolute atomic E-state index is 2.53. The first-order chi connectivity index (χ1) is 58.0. The molecule has 0 atom stereocenters. The van der Waals surface area contributed by atoms with E-state index in [9.17, 15) is 0 Å². The largest absolute Gasteiger partial charge is 0.310 e. The van der Waals surface area contributed by atoms with Gasteiger partial charge >= 0.3 is 0 Å². The van der Waals surface area contributed by atoms with Crippen LogP contribution in [0.5, 0.6) is 0 Å². The van der Waals surface area contributed by atoms with Crippen LogP contribution in [0.4, 0.5) is 34.1 Å². The van der Waals surface area contributed by atoms with Gasteiger partial charge in [-0.15, -0.1) is 0 Å². The lowest BCUT2D eigenvalue weighted by Crippen LogP contribution is -2.28. The fraction of sp³-hybridized carbons (Fsp3) is 0.0690. The SMILES string of the molecule is CC1(C)c2ccccc2-c2ccc(N(c3cccc(-c4ccc5c(c4)C(c4ccccc4)(c4ccccc4)c4ccccc4-5)c3)c3ccccc3-c3cccc(-c4ccc5c(c4)-c4ccc(-c6ccccc6N(c6ccc7c(c6)C(C)(C)c6ccccc6-7)c6ccccc6-c6ccccc6)cc4C5(c4ccccc4)c4ccccc4)c3)cc21. The molecular weight excluding hydrogens is 1420 g/mol. The summed E-state index contributed by atoms with van der Waals surface area (Å²) in [5.41, 5.74) is 41.9. The zero-order valence-electron chi connectivity index (χ0n) is 66.5. The summed E-state index contributed by atoms with van der Waals surface area (Å²) in [5.74, 6) is 0. The molecule has 0 saturated carbocycles. The summed E-state index contributed by atoms with van der Waals surface area (Å²) in [6.07, 6.45) is 0. The molecule has 0 spiro atoms. The van der Waals surface area contributed by atoms with Crippen LogP contribution < -0.4 is 9.80 Å². The van der Waals surface area contributed by atoms with Gasteiger partial charge in [-0.2, -0.15) is 0 Å². The minimum absolute atomic E-state index is 0.206. The number of hydrogen-bond donors (Lipinski definition) is 0. The zero-order chi connectivity index (χ0) is 78.9. The lowest BCUT2D eigenvalue weighted by molar-refractivity contribution is 0.660. The average Bonchev–Trinajstić information content (AvgIpc) is 1.54. The van der Waals surface area contributed by atoms with E-state index >= 15 is 0 Å². The van der Waals surface area contributed by atoms with E-state index in [-0.39, 0.29) is 10.8 Å². The fourth-order valence-electron chi connectivity index (χ4n) is 21.0. The minimum Gasteiger partial charge on any atom is -0.310 e. The predicted molar refractivity (Wildman–Crippen MR) is 493 cm³/mol. The number of hydrogen-bond acceptors (Lipinski definition) is 2. The van der Waals surface area contributed by atoms with E-state index in [4.69, 9.17) is 0 Å². The highest BCUT2D eigenvalue weighted by molar-refractivity contribution is 5.99. The first-order valence-corrected chi connectivity index (χ1v) is 41.4. The molecule has 0 radical (unpaired) electrons. The second-order valence-electron chi connectivity index (χ2n) is 33.3. The Hall–Kier alpha value is -14.4. The Morgan fingerprint density at radius 3 is 0.966 bits per heavy atom. The number of anilines is 6. The standard InChI is InChI=1S/C116H84N2/c1-113(2)102-54-26-20-51-94(102)97-67-63-89(75-106(97)113)117(88-47-33-37-79(71-88)81-60-65-99-96-53-22-28-56-104(96)115(108(99)73-81,84-39-12-6-13-40-84)85-41-14-7-15-42-85)110-57-29-24-49-92(110)82-38-32-36-78(70-82)80-62-69-105-101(72-80)100-66-61-83(74-109(100)116(105,86-43-16-8-17-44-86)87-45-18-9-19-46-87)93-50-25-31-59-112(93)118(111-58-30-23-48-91(111)77-34-10-5-11-35-77)90-64-68-98-95-52-21-27-55-103(95)114(3,4)107(98)76-90/h5-76H,1-4H3. The van der Waals surface area contributed by atoms with Crippen molar-refractivity contribution in [1.82, 2.24) is 0 Å². The molecule has 0 heterocycles. The molecule has 22 rings (SSSR count). The Morgan fingerprint density at radius 1 is 0.153 bits per heavy atom. The van der Waals surface area contributed by atoms with Crippen molar-refractivity contribution < 1.29 is 0 Å². The second kappa shape index (κ2) is 27.7. The van der Waals surface area contributed by atoms with Crippen molar-refractivity contribution in [2.45, 2.75) is 49.4 Å². The van der Waals surface area contributed by atoms with Gasteiger partial charge in [0.05, 0.1) is 27.9 Å². The topological polar surface area (TPSA) is 6.48 Å². The Bertz CT molecular complexity index is 6910. The lowest BCUT2D eigenvalue weighted by Gasteiger charge is -2.34. The molecule has 0 aliphatic heterocycles. The van der Waals surface area contributed by atoms with Gasteiger partial charge in [-0.05, 0) is 229 Å². The van der Waals surface area contributed by atoms with Crippen molar-refractivity contribution in [1.29, 1.82) is 0 Å². The summed E-state index contributed by atoms with van der Waals surface area (Å²) in [6, 6.07) is 165. The van der Waals surface area contributed by atoms with Crippen LogP contribution >= 0.6 is 0 Å². The molecule has 0 fully saturated rings. The molecule has 4 aliphatic carbocycles. The summed E-state index contributed by atoms with van der Waals surface area (Å²) in [4.78, 5) is 5.05. The zero-order valence-corrected chi connectivity index (χ0v) is 66.5. The summed E-state index contributed by atoms with van der Waals surface area (Å²) in [6.45, 7) is 9.54. The highest BCUT2D eigenvalue weighted by Gasteiger charge is 2.49. The predicted octanol–water partition coefficient (Wildman–Crippen LogP) is 30.3. The number of nitrogens with zero attached hydrogens (tertiary/aromatic N) is 2. The van der Waals surface area contributed by atoms with Crippen molar-refractivity contribution in [2.75, 3.05) is 9.80 Å². The maximum atomic E-state index is 2.53. The van der Waals surface area contributed by atoms with E-state index in [1.165, 1.54) is 111 Å². The number of benzene rings is 18. The molecule has 0 N–H and O–H groups in total. The van der Waals surface area contributed by atoms with Crippen molar-refractivity contribution in [3.05, 3.63) is 504 Å². The van der Waals surface area contributed by atoms with Gasteiger partial charge in [-0.25, -0.2) is 0 Å². The molecule has 18 aromatic carbocycles. The van der Waals surface area contributed by atoms with Gasteiger partial charge < -0.3 is 9.80 Å². The van der Waals surface area contributed by atoms with E-state index in [0.717, 1.165) is 89.8 Å². The van der Waals surface area contributed by atoms with Gasteiger partial charge in [0.2, 0.25) is 0 Å². The molecule has 0 unspecified atom stereocenters. The van der Waals surface area contributed by atoms with Crippen molar-refractivity contribution >= 4 is 34.1 Å². The van der Waals surface area contributed by atoms with Gasteiger partial charge in [0, 0.05) is 44.6 Å². The summed E-state index contributed by atoms with van der Waals surface area (Å²) < 4.78 is 0. The molecular formula is C116H84N2. The van der Waals surface area contributed by atoms with Crippen LogP contribution in [0, 0.1) is 0 Å². The monoisotopic (exact) mass is 1500 g/mol. The lowest BCUT2D eigenvalue weighted by atomic mass is 9.67. The van der Waals surface area contributed by atoms with Gasteiger partial charge in [-0.3, -0.25) is 0 Å². The van der Waals surface area contributed by atoms with E-state index in [1.807, 2.05) is 0 Å². The molecule has 0 bridgehead atoms. The Kier molecular flexibility index (Phi) is 16.5. The van der Waals surface area contributed by atoms with Crippen LogP contribution in [0.15, 0.2) is 437 Å². The normalized spacial score (nSPS) is 14.0. The van der Waals surface area contributed by atoms with E-state index in [1.54, 1.807) is 0 Å². The molecule has 4 aliphatic rings. The molecule has 558 valence electrons. The molecule has 18 aromatic rings. The van der Waals surface area contributed by atoms with Gasteiger partial charge in [-0.1, -0.05) is 386 Å². The van der Waals surface area contributed by atoms with Gasteiger partial charge in [0.1, 0.15) is 0 Å². The first-order valence-electron chi connectivity index (χ1n) is 41.4. The summed E-state index contributed by atoms with van der Waals surface area (Å²) >= 11 is 0. The van der Waals surface area contributed by atoms with E-state index < -0.39 is 10.8 Å². The number of para-hydroxylation sites is 3. The summed E-state index contributed by atoms with van der Waals surface area (Å²) in [7, 11) is 0. The van der Waals surface area contributed by atoms with Crippen LogP contribution in [-0.4, -0.2) is 0 Å². The second-order valence-corrected chi connectivity index (χ2v) is 33.3. The highest BCUT2D eigenvalue weighted by Crippen LogP contribution is 2.61. The van der Waals surface area contributed by atoms with E-state index in [2.05, 4.69) is 474 Å². The average molecular weight is 1510 g/mol. The molecule has 0 amide bonds. The van der Waals surface area contributed by atoms with Crippen molar-refractivity contribution in [3.63, 3.8) is 0 Å².